The third kappa shape index (κ3) is 3.59. The number of aliphatic carboxylic acids is 1. The summed E-state index contributed by atoms with van der Waals surface area (Å²) < 4.78 is 5.52. The third-order valence-corrected chi connectivity index (χ3v) is 5.12. The molecule has 2 saturated heterocycles. The first kappa shape index (κ1) is 20.3. The van der Waals surface area contributed by atoms with Gasteiger partial charge in [-0.25, -0.2) is 4.79 Å². The van der Waals surface area contributed by atoms with Gasteiger partial charge in [-0.1, -0.05) is 6.92 Å². The standard InChI is InChI=1S/C18H25N3O4.ClH/c1-3-15(16(22)23)25-14-6-4-13(5-7-14)21-12-20(2)17(24)18(21)8-10-19-11-9-18;/h4-7,15,19H,3,8-12H2,1-2H3,(H,22,23);1H. The lowest BCUT2D eigenvalue weighted by Crippen LogP contribution is -2.55. The molecule has 3 rings (SSSR count). The van der Waals surface area contributed by atoms with Crippen molar-refractivity contribution in [3.05, 3.63) is 24.3 Å². The first-order valence-corrected chi connectivity index (χ1v) is 8.71. The van der Waals surface area contributed by atoms with Crippen LogP contribution in [0.4, 0.5) is 5.69 Å². The highest BCUT2D eigenvalue weighted by atomic mass is 35.5. The average Bonchev–Trinajstić information content (AvgIpc) is 2.86. The van der Waals surface area contributed by atoms with Gasteiger partial charge in [-0.2, -0.15) is 0 Å². The molecule has 0 aromatic heterocycles. The van der Waals surface area contributed by atoms with Crippen molar-refractivity contribution >= 4 is 30.0 Å². The Morgan fingerprint density at radius 2 is 1.92 bits per heavy atom. The maximum Gasteiger partial charge on any atom is 0.344 e. The fourth-order valence-electron chi connectivity index (χ4n) is 3.71. The summed E-state index contributed by atoms with van der Waals surface area (Å²) in [7, 11) is 1.84. The molecule has 2 aliphatic heterocycles. The van der Waals surface area contributed by atoms with Crippen LogP contribution in [0.25, 0.3) is 0 Å². The molecule has 1 aromatic rings. The summed E-state index contributed by atoms with van der Waals surface area (Å²) in [6.07, 6.45) is 1.12. The summed E-state index contributed by atoms with van der Waals surface area (Å²) in [6, 6.07) is 7.36. The largest absolute Gasteiger partial charge is 0.479 e. The number of carbonyl (C=O) groups is 2. The second-order valence-electron chi connectivity index (χ2n) is 6.70. The van der Waals surface area contributed by atoms with E-state index in [4.69, 9.17) is 9.84 Å². The van der Waals surface area contributed by atoms with Gasteiger partial charge in [0.1, 0.15) is 11.3 Å². The van der Waals surface area contributed by atoms with Gasteiger partial charge < -0.3 is 25.0 Å². The fourth-order valence-corrected chi connectivity index (χ4v) is 3.71. The van der Waals surface area contributed by atoms with Crippen LogP contribution in [0, 0.1) is 0 Å². The number of halogens is 1. The Hall–Kier alpha value is -1.99. The van der Waals surface area contributed by atoms with Gasteiger partial charge in [-0.3, -0.25) is 4.79 Å². The molecule has 1 unspecified atom stereocenters. The monoisotopic (exact) mass is 383 g/mol. The second kappa shape index (κ2) is 8.14. The molecule has 0 aliphatic carbocycles. The molecule has 1 atom stereocenters. The molecule has 7 nitrogen and oxygen atoms in total. The van der Waals surface area contributed by atoms with Crippen LogP contribution in [0.1, 0.15) is 26.2 Å². The third-order valence-electron chi connectivity index (χ3n) is 5.12. The molecule has 2 heterocycles. The van der Waals surface area contributed by atoms with Crippen LogP contribution in [-0.4, -0.2) is 60.3 Å². The number of amides is 1. The van der Waals surface area contributed by atoms with Crippen LogP contribution in [0.2, 0.25) is 0 Å². The molecular formula is C18H26ClN3O4. The summed E-state index contributed by atoms with van der Waals surface area (Å²) in [5.41, 5.74) is 0.477. The minimum Gasteiger partial charge on any atom is -0.479 e. The number of hydrogen-bond acceptors (Lipinski definition) is 5. The molecule has 26 heavy (non-hydrogen) atoms. The summed E-state index contributed by atoms with van der Waals surface area (Å²) in [4.78, 5) is 27.8. The summed E-state index contributed by atoms with van der Waals surface area (Å²) in [6.45, 7) is 3.99. The SMILES string of the molecule is CCC(Oc1ccc(N2CN(C)C(=O)C23CCNCC3)cc1)C(=O)O.Cl. The van der Waals surface area contributed by atoms with E-state index in [1.165, 1.54) is 0 Å². The molecule has 2 N–H and O–H groups in total. The van der Waals surface area contributed by atoms with Crippen molar-refractivity contribution < 1.29 is 19.4 Å². The number of piperidine rings is 1. The maximum absolute atomic E-state index is 12.8. The van der Waals surface area contributed by atoms with Gasteiger partial charge in [-0.15, -0.1) is 12.4 Å². The lowest BCUT2D eigenvalue weighted by atomic mass is 9.86. The number of ether oxygens (including phenoxy) is 1. The van der Waals surface area contributed by atoms with Gasteiger partial charge in [0.15, 0.2) is 6.10 Å². The van der Waals surface area contributed by atoms with E-state index in [2.05, 4.69) is 10.2 Å². The van der Waals surface area contributed by atoms with E-state index in [1.54, 1.807) is 24.0 Å². The van der Waals surface area contributed by atoms with Gasteiger partial charge in [0.25, 0.3) is 0 Å². The van der Waals surface area contributed by atoms with Gasteiger partial charge in [-0.05, 0) is 56.6 Å². The van der Waals surface area contributed by atoms with Gasteiger partial charge in [0, 0.05) is 12.7 Å². The number of likely N-dealkylation sites (N-methyl/N-ethyl adjacent to an activating group) is 1. The predicted molar refractivity (Wildman–Crippen MR) is 101 cm³/mol. The van der Waals surface area contributed by atoms with Crippen molar-refractivity contribution in [1.82, 2.24) is 10.2 Å². The Balaban J connectivity index is 0.00000243. The smallest absolute Gasteiger partial charge is 0.344 e. The van der Waals surface area contributed by atoms with Crippen molar-refractivity contribution in [2.75, 3.05) is 31.7 Å². The van der Waals surface area contributed by atoms with Crippen molar-refractivity contribution in [3.63, 3.8) is 0 Å². The Morgan fingerprint density at radius 1 is 1.31 bits per heavy atom. The fraction of sp³-hybridized carbons (Fsp3) is 0.556. The Bertz CT molecular complexity index is 646. The summed E-state index contributed by atoms with van der Waals surface area (Å²) in [5.74, 6) is -0.269. The molecule has 144 valence electrons. The Kier molecular flexibility index (Phi) is 6.36. The number of nitrogens with zero attached hydrogens (tertiary/aromatic N) is 2. The van der Waals surface area contributed by atoms with E-state index in [1.807, 2.05) is 19.2 Å². The second-order valence-corrected chi connectivity index (χ2v) is 6.70. The molecule has 1 amide bonds. The average molecular weight is 384 g/mol. The van der Waals surface area contributed by atoms with E-state index in [9.17, 15) is 9.59 Å². The quantitative estimate of drug-likeness (QED) is 0.805. The number of carbonyl (C=O) groups excluding carboxylic acids is 1. The zero-order valence-electron chi connectivity index (χ0n) is 15.1. The molecule has 0 saturated carbocycles. The zero-order valence-corrected chi connectivity index (χ0v) is 15.9. The predicted octanol–water partition coefficient (Wildman–Crippen LogP) is 1.71. The molecule has 2 fully saturated rings. The van der Waals surface area contributed by atoms with Gasteiger partial charge >= 0.3 is 5.97 Å². The summed E-state index contributed by atoms with van der Waals surface area (Å²) in [5, 5.41) is 12.4. The van der Waals surface area contributed by atoms with E-state index >= 15 is 0 Å². The lowest BCUT2D eigenvalue weighted by molar-refractivity contribution is -0.145. The van der Waals surface area contributed by atoms with Gasteiger partial charge in [0.05, 0.1) is 6.67 Å². The molecular weight excluding hydrogens is 358 g/mol. The number of nitrogens with one attached hydrogen (secondary N) is 1. The van der Waals surface area contributed by atoms with E-state index in [-0.39, 0.29) is 18.3 Å². The van der Waals surface area contributed by atoms with Crippen LogP contribution >= 0.6 is 12.4 Å². The number of anilines is 1. The number of rotatable bonds is 5. The Morgan fingerprint density at radius 3 is 2.46 bits per heavy atom. The highest BCUT2D eigenvalue weighted by Crippen LogP contribution is 2.38. The molecule has 8 heteroatoms. The molecule has 1 spiro atoms. The number of hydrogen-bond donors (Lipinski definition) is 2. The van der Waals surface area contributed by atoms with E-state index in [0.717, 1.165) is 31.6 Å². The minimum absolute atomic E-state index is 0. The summed E-state index contributed by atoms with van der Waals surface area (Å²) >= 11 is 0. The minimum atomic E-state index is -0.966. The van der Waals surface area contributed by atoms with Crippen LogP contribution < -0.4 is 15.0 Å². The van der Waals surface area contributed by atoms with Gasteiger partial charge in [0.2, 0.25) is 5.91 Å². The highest BCUT2D eigenvalue weighted by molar-refractivity contribution is 5.93. The first-order chi connectivity index (χ1) is 12.0. The van der Waals surface area contributed by atoms with Crippen LogP contribution in [0.5, 0.6) is 5.75 Å². The van der Waals surface area contributed by atoms with Crippen molar-refractivity contribution in [1.29, 1.82) is 0 Å². The van der Waals surface area contributed by atoms with Crippen LogP contribution in [0.15, 0.2) is 24.3 Å². The molecule has 0 radical (unpaired) electrons. The van der Waals surface area contributed by atoms with Crippen molar-refractivity contribution in [2.24, 2.45) is 0 Å². The van der Waals surface area contributed by atoms with Crippen LogP contribution in [0.3, 0.4) is 0 Å². The molecule has 0 bridgehead atoms. The maximum atomic E-state index is 12.8. The molecule has 1 aromatic carbocycles. The Labute approximate surface area is 159 Å². The molecule has 2 aliphatic rings. The zero-order chi connectivity index (χ0) is 18.0. The topological polar surface area (TPSA) is 82.1 Å². The number of carboxylic acid groups (broad SMARTS) is 1. The number of carboxylic acids is 1. The first-order valence-electron chi connectivity index (χ1n) is 8.71. The van der Waals surface area contributed by atoms with E-state index in [0.29, 0.717) is 18.8 Å². The van der Waals surface area contributed by atoms with Crippen molar-refractivity contribution in [3.8, 4) is 5.75 Å². The van der Waals surface area contributed by atoms with Crippen molar-refractivity contribution in [2.45, 2.75) is 37.8 Å². The van der Waals surface area contributed by atoms with Crippen LogP contribution in [-0.2, 0) is 9.59 Å². The van der Waals surface area contributed by atoms with E-state index < -0.39 is 17.6 Å². The normalized spacial score (nSPS) is 20.0. The lowest BCUT2D eigenvalue weighted by Gasteiger charge is -2.40. The number of benzene rings is 1. The highest BCUT2D eigenvalue weighted by Gasteiger charge is 2.51.